The van der Waals surface area contributed by atoms with Crippen molar-refractivity contribution in [3.63, 3.8) is 0 Å². The van der Waals surface area contributed by atoms with Crippen molar-refractivity contribution in [3.8, 4) is 0 Å². The molecule has 0 bridgehead atoms. The van der Waals surface area contributed by atoms with Crippen LogP contribution in [-0.2, 0) is 29.1 Å². The first-order chi connectivity index (χ1) is 4.57. The number of nitrogens with one attached hydrogen (secondary N) is 1. The topological polar surface area (TPSA) is 107 Å². The molecule has 0 fully saturated rings. The quantitative estimate of drug-likeness (QED) is 0.349. The van der Waals surface area contributed by atoms with Crippen molar-refractivity contribution >= 4 is 11.9 Å². The van der Waals surface area contributed by atoms with E-state index in [9.17, 15) is 9.59 Å². The van der Waals surface area contributed by atoms with E-state index in [2.05, 4.69) is 0 Å². The zero-order valence-electron chi connectivity index (χ0n) is 5.65. The van der Waals surface area contributed by atoms with E-state index in [-0.39, 0.29) is 19.5 Å². The zero-order chi connectivity index (χ0) is 8.15. The average molecular weight is 214 g/mol. The second-order valence-electron chi connectivity index (χ2n) is 1.62. The molecule has 0 unspecified atom stereocenters. The van der Waals surface area contributed by atoms with Gasteiger partial charge in [-0.3, -0.25) is 9.59 Å². The van der Waals surface area contributed by atoms with E-state index in [1.165, 1.54) is 5.48 Å². The molecule has 0 spiro atoms. The first kappa shape index (κ1) is 13.1. The van der Waals surface area contributed by atoms with Gasteiger partial charge >= 0.3 is 11.9 Å². The van der Waals surface area contributed by atoms with E-state index in [0.29, 0.717) is 0 Å². The van der Waals surface area contributed by atoms with Gasteiger partial charge in [-0.15, -0.1) is 0 Å². The SMILES string of the molecule is O=C(O)C[C@H](NO)C(=O)O.[Zn]. The molecule has 1 atom stereocenters. The molecule has 0 aliphatic carbocycles. The van der Waals surface area contributed by atoms with Gasteiger partial charge in [0.25, 0.3) is 0 Å². The summed E-state index contributed by atoms with van der Waals surface area (Å²) in [4.78, 5) is 19.8. The summed E-state index contributed by atoms with van der Waals surface area (Å²) in [6.07, 6.45) is -0.647. The molecule has 11 heavy (non-hydrogen) atoms. The largest absolute Gasteiger partial charge is 0.481 e. The fraction of sp³-hybridized carbons (Fsp3) is 0.500. The molecule has 0 aliphatic heterocycles. The van der Waals surface area contributed by atoms with Gasteiger partial charge in [-0.05, 0) is 0 Å². The van der Waals surface area contributed by atoms with Crippen molar-refractivity contribution in [3.05, 3.63) is 0 Å². The second-order valence-corrected chi connectivity index (χ2v) is 1.62. The van der Waals surface area contributed by atoms with Crippen molar-refractivity contribution in [2.45, 2.75) is 12.5 Å². The molecule has 0 heterocycles. The summed E-state index contributed by atoms with van der Waals surface area (Å²) in [6.45, 7) is 0. The van der Waals surface area contributed by atoms with Crippen LogP contribution in [0.5, 0.6) is 0 Å². The average Bonchev–Trinajstić information content (AvgIpc) is 1.81. The van der Waals surface area contributed by atoms with Crippen molar-refractivity contribution in [2.75, 3.05) is 0 Å². The predicted molar refractivity (Wildman–Crippen MR) is 28.6 cm³/mol. The van der Waals surface area contributed by atoms with Gasteiger partial charge < -0.3 is 15.4 Å². The number of hydrogen-bond acceptors (Lipinski definition) is 4. The van der Waals surface area contributed by atoms with Crippen LogP contribution in [0, 0.1) is 0 Å². The fourth-order valence-electron chi connectivity index (χ4n) is 0.363. The summed E-state index contributed by atoms with van der Waals surface area (Å²) in [5, 5.41) is 24.2. The molecule has 0 radical (unpaired) electrons. The summed E-state index contributed by atoms with van der Waals surface area (Å²) in [5.41, 5.74) is 1.35. The van der Waals surface area contributed by atoms with E-state index in [1.807, 2.05) is 0 Å². The monoisotopic (exact) mass is 213 g/mol. The van der Waals surface area contributed by atoms with Gasteiger partial charge in [0.1, 0.15) is 6.04 Å². The van der Waals surface area contributed by atoms with Crippen LogP contribution in [0.1, 0.15) is 6.42 Å². The summed E-state index contributed by atoms with van der Waals surface area (Å²) in [7, 11) is 0. The van der Waals surface area contributed by atoms with E-state index < -0.39 is 24.4 Å². The number of rotatable bonds is 4. The molecule has 6 nitrogen and oxygen atoms in total. The van der Waals surface area contributed by atoms with Crippen molar-refractivity contribution < 1.29 is 44.5 Å². The van der Waals surface area contributed by atoms with Gasteiger partial charge in [0, 0.05) is 19.5 Å². The molecular weight excluding hydrogens is 207 g/mol. The van der Waals surface area contributed by atoms with E-state index >= 15 is 0 Å². The Bertz CT molecular complexity index is 149. The number of hydroxylamine groups is 1. The van der Waals surface area contributed by atoms with Gasteiger partial charge in [0.2, 0.25) is 0 Å². The molecule has 7 heteroatoms. The maximum absolute atomic E-state index is 9.98. The van der Waals surface area contributed by atoms with E-state index in [1.54, 1.807) is 0 Å². The summed E-state index contributed by atoms with van der Waals surface area (Å²) in [5.74, 6) is -2.68. The Morgan fingerprint density at radius 3 is 1.91 bits per heavy atom. The Kier molecular flexibility index (Phi) is 7.40. The maximum Gasteiger partial charge on any atom is 0.323 e. The molecule has 0 aromatic heterocycles. The van der Waals surface area contributed by atoms with Crippen LogP contribution in [0.25, 0.3) is 0 Å². The van der Waals surface area contributed by atoms with Crippen molar-refractivity contribution in [2.24, 2.45) is 0 Å². The minimum absolute atomic E-state index is 0. The Labute approximate surface area is 74.9 Å². The predicted octanol–water partition coefficient (Wildman–Crippen LogP) is -1.11. The molecule has 0 rings (SSSR count). The van der Waals surface area contributed by atoms with E-state index in [4.69, 9.17) is 15.4 Å². The van der Waals surface area contributed by atoms with E-state index in [0.717, 1.165) is 0 Å². The van der Waals surface area contributed by atoms with Crippen molar-refractivity contribution in [1.29, 1.82) is 0 Å². The molecule has 60 valence electrons. The minimum atomic E-state index is -1.43. The van der Waals surface area contributed by atoms with Crippen LogP contribution in [-0.4, -0.2) is 33.4 Å². The molecule has 0 amide bonds. The molecule has 0 saturated carbocycles. The van der Waals surface area contributed by atoms with Crippen LogP contribution in [0.2, 0.25) is 0 Å². The van der Waals surface area contributed by atoms with Gasteiger partial charge in [0.05, 0.1) is 6.42 Å². The number of aliphatic carboxylic acids is 2. The second kappa shape index (κ2) is 6.21. The van der Waals surface area contributed by atoms with Gasteiger partial charge in [0.15, 0.2) is 0 Å². The Balaban J connectivity index is 0. The normalized spacial score (nSPS) is 11.4. The number of carboxylic acids is 2. The summed E-state index contributed by atoms with van der Waals surface area (Å²) in [6, 6.07) is -1.43. The third-order valence-corrected chi connectivity index (χ3v) is 0.833. The molecule has 0 aliphatic rings. The maximum atomic E-state index is 9.98. The van der Waals surface area contributed by atoms with Crippen LogP contribution < -0.4 is 5.48 Å². The first-order valence-corrected chi connectivity index (χ1v) is 2.42. The van der Waals surface area contributed by atoms with Crippen LogP contribution in [0.4, 0.5) is 0 Å². The Morgan fingerprint density at radius 1 is 1.36 bits per heavy atom. The fourth-order valence-corrected chi connectivity index (χ4v) is 0.363. The Morgan fingerprint density at radius 2 is 1.82 bits per heavy atom. The van der Waals surface area contributed by atoms with Gasteiger partial charge in [-0.25, -0.2) is 0 Å². The number of carbonyl (C=O) groups is 2. The molecule has 4 N–H and O–H groups in total. The summed E-state index contributed by atoms with van der Waals surface area (Å²) >= 11 is 0. The molecule has 0 aromatic rings. The van der Waals surface area contributed by atoms with Crippen LogP contribution >= 0.6 is 0 Å². The molecular formula is C4H7NO5Zn. The van der Waals surface area contributed by atoms with Crippen LogP contribution in [0.3, 0.4) is 0 Å². The first-order valence-electron chi connectivity index (χ1n) is 2.42. The molecule has 0 saturated heterocycles. The Hall–Kier alpha value is -0.517. The minimum Gasteiger partial charge on any atom is -0.481 e. The smallest absolute Gasteiger partial charge is 0.323 e. The van der Waals surface area contributed by atoms with Gasteiger partial charge in [-0.1, -0.05) is 0 Å². The van der Waals surface area contributed by atoms with Gasteiger partial charge in [-0.2, -0.15) is 5.48 Å². The van der Waals surface area contributed by atoms with Crippen molar-refractivity contribution in [1.82, 2.24) is 5.48 Å². The van der Waals surface area contributed by atoms with Crippen LogP contribution in [0.15, 0.2) is 0 Å². The summed E-state index contributed by atoms with van der Waals surface area (Å²) < 4.78 is 0. The zero-order valence-corrected chi connectivity index (χ0v) is 8.62. The third kappa shape index (κ3) is 5.91. The number of hydrogen-bond donors (Lipinski definition) is 4. The molecule has 0 aromatic carbocycles. The number of carboxylic acid groups (broad SMARTS) is 2. The standard InChI is InChI=1S/C4H7NO5.Zn/c6-3(7)1-2(5-10)4(8)9;/h2,5,10H,1H2,(H,6,7)(H,8,9);/t2-;/m0./s1. The third-order valence-electron chi connectivity index (χ3n) is 0.833.